The minimum absolute atomic E-state index is 0.0240. The number of nitriles is 1. The van der Waals surface area contributed by atoms with Crippen molar-refractivity contribution in [2.24, 2.45) is 0 Å². The minimum Gasteiger partial charge on any atom is -0.488 e. The molecule has 0 unspecified atom stereocenters. The van der Waals surface area contributed by atoms with Crippen molar-refractivity contribution in [3.05, 3.63) is 99.0 Å². The highest BCUT2D eigenvalue weighted by Gasteiger charge is 2.10. The molecule has 0 aliphatic heterocycles. The molecule has 0 spiro atoms. The van der Waals surface area contributed by atoms with E-state index in [-0.39, 0.29) is 5.57 Å². The first-order chi connectivity index (χ1) is 14.4. The van der Waals surface area contributed by atoms with Crippen LogP contribution in [0.3, 0.4) is 0 Å². The maximum absolute atomic E-state index is 12.4. The molecule has 0 bridgehead atoms. The van der Waals surface area contributed by atoms with Crippen molar-refractivity contribution in [3.8, 4) is 11.8 Å². The highest BCUT2D eigenvalue weighted by molar-refractivity contribution is 9.10. The maximum atomic E-state index is 12.4. The number of amides is 1. The topological polar surface area (TPSA) is 62.1 Å². The Balaban J connectivity index is 1.70. The Bertz CT molecular complexity index is 1130. The average molecular weight is 461 g/mol. The number of benzene rings is 3. The predicted molar refractivity (Wildman–Crippen MR) is 123 cm³/mol. The maximum Gasteiger partial charge on any atom is 0.266 e. The Morgan fingerprint density at radius 3 is 2.50 bits per heavy atom. The van der Waals surface area contributed by atoms with Gasteiger partial charge in [0.15, 0.2) is 0 Å². The normalized spacial score (nSPS) is 10.9. The van der Waals surface area contributed by atoms with Gasteiger partial charge >= 0.3 is 0 Å². The number of rotatable bonds is 6. The van der Waals surface area contributed by atoms with Crippen LogP contribution in [-0.4, -0.2) is 5.91 Å². The van der Waals surface area contributed by atoms with E-state index >= 15 is 0 Å². The van der Waals surface area contributed by atoms with E-state index in [4.69, 9.17) is 4.74 Å². The Labute approximate surface area is 184 Å². The number of carbonyl (C=O) groups excluding carboxylic acids is 1. The molecule has 3 aromatic carbocycles. The summed E-state index contributed by atoms with van der Waals surface area (Å²) in [6, 6.07) is 23.0. The third-order valence-electron chi connectivity index (χ3n) is 4.42. The molecular formula is C25H21BrN2O2. The summed E-state index contributed by atoms with van der Waals surface area (Å²) in [4.78, 5) is 12.4. The number of carbonyl (C=O) groups is 1. The van der Waals surface area contributed by atoms with Crippen LogP contribution in [0.4, 0.5) is 5.69 Å². The van der Waals surface area contributed by atoms with E-state index in [0.717, 1.165) is 21.2 Å². The van der Waals surface area contributed by atoms with Crippen LogP contribution in [0.2, 0.25) is 0 Å². The second-order valence-electron chi connectivity index (χ2n) is 6.96. The van der Waals surface area contributed by atoms with Gasteiger partial charge in [-0.15, -0.1) is 0 Å². The summed E-state index contributed by atoms with van der Waals surface area (Å²) in [5, 5.41) is 12.2. The van der Waals surface area contributed by atoms with Crippen molar-refractivity contribution in [1.29, 1.82) is 5.26 Å². The van der Waals surface area contributed by atoms with Gasteiger partial charge in [0.2, 0.25) is 0 Å². The number of hydrogen-bond donors (Lipinski definition) is 1. The predicted octanol–water partition coefficient (Wildman–Crippen LogP) is 6.19. The standard InChI is InChI=1S/C25H21BrN2O2/c1-17-6-9-22(10-7-17)28-25(29)21(15-27)13-19-8-11-24(23(26)14-19)30-16-20-5-3-4-18(2)12-20/h3-14H,16H2,1-2H3,(H,28,29)/b21-13+. The number of ether oxygens (including phenoxy) is 1. The van der Waals surface area contributed by atoms with Gasteiger partial charge in [0.05, 0.1) is 4.47 Å². The van der Waals surface area contributed by atoms with Crippen molar-refractivity contribution in [3.63, 3.8) is 0 Å². The molecule has 0 aliphatic rings. The van der Waals surface area contributed by atoms with Gasteiger partial charge in [0.1, 0.15) is 24.0 Å². The SMILES string of the molecule is Cc1ccc(NC(=O)/C(C#N)=C/c2ccc(OCc3cccc(C)c3)c(Br)c2)cc1. The summed E-state index contributed by atoms with van der Waals surface area (Å²) in [5.74, 6) is 0.244. The fourth-order valence-electron chi connectivity index (χ4n) is 2.84. The molecule has 0 heterocycles. The van der Waals surface area contributed by atoms with Crippen molar-refractivity contribution in [2.45, 2.75) is 20.5 Å². The number of hydrogen-bond acceptors (Lipinski definition) is 3. The molecule has 1 N–H and O–H groups in total. The molecule has 0 saturated heterocycles. The van der Waals surface area contributed by atoms with Crippen LogP contribution in [0.25, 0.3) is 6.08 Å². The first-order valence-corrected chi connectivity index (χ1v) is 10.2. The zero-order valence-electron chi connectivity index (χ0n) is 16.8. The van der Waals surface area contributed by atoms with E-state index in [0.29, 0.717) is 18.0 Å². The molecule has 4 nitrogen and oxygen atoms in total. The fraction of sp³-hybridized carbons (Fsp3) is 0.120. The lowest BCUT2D eigenvalue weighted by molar-refractivity contribution is -0.112. The Kier molecular flexibility index (Phi) is 7.05. The molecule has 0 aliphatic carbocycles. The molecule has 150 valence electrons. The van der Waals surface area contributed by atoms with Crippen LogP contribution in [0.5, 0.6) is 5.75 Å². The molecule has 0 saturated carbocycles. The Morgan fingerprint density at radius 2 is 1.83 bits per heavy atom. The summed E-state index contributed by atoms with van der Waals surface area (Å²) < 4.78 is 6.64. The van der Waals surface area contributed by atoms with Gasteiger partial charge in [-0.25, -0.2) is 0 Å². The van der Waals surface area contributed by atoms with Crippen LogP contribution in [0.15, 0.2) is 76.8 Å². The number of aryl methyl sites for hydroxylation is 2. The number of halogens is 1. The molecule has 3 rings (SSSR count). The van der Waals surface area contributed by atoms with Gasteiger partial charge in [-0.2, -0.15) is 5.26 Å². The van der Waals surface area contributed by atoms with Crippen LogP contribution < -0.4 is 10.1 Å². The summed E-state index contributed by atoms with van der Waals surface area (Å²) in [7, 11) is 0. The molecule has 0 atom stereocenters. The van der Waals surface area contributed by atoms with E-state index in [1.807, 2.05) is 68.4 Å². The molecule has 1 amide bonds. The smallest absolute Gasteiger partial charge is 0.266 e. The van der Waals surface area contributed by atoms with Crippen molar-refractivity contribution < 1.29 is 9.53 Å². The fourth-order valence-corrected chi connectivity index (χ4v) is 3.35. The second-order valence-corrected chi connectivity index (χ2v) is 7.81. The Hall–Kier alpha value is -3.36. The molecule has 5 heteroatoms. The minimum atomic E-state index is -0.447. The molecule has 30 heavy (non-hydrogen) atoms. The number of nitrogens with zero attached hydrogens (tertiary/aromatic N) is 1. The highest BCUT2D eigenvalue weighted by atomic mass is 79.9. The van der Waals surface area contributed by atoms with Crippen LogP contribution >= 0.6 is 15.9 Å². The lowest BCUT2D eigenvalue weighted by Crippen LogP contribution is -2.13. The summed E-state index contributed by atoms with van der Waals surface area (Å²) >= 11 is 3.51. The first-order valence-electron chi connectivity index (χ1n) is 9.42. The third kappa shape index (κ3) is 5.82. The lowest BCUT2D eigenvalue weighted by atomic mass is 10.1. The van der Waals surface area contributed by atoms with Gasteiger partial charge in [-0.1, -0.05) is 53.6 Å². The van der Waals surface area contributed by atoms with Crippen LogP contribution in [0.1, 0.15) is 22.3 Å². The van der Waals surface area contributed by atoms with Crippen molar-refractivity contribution >= 4 is 33.6 Å². The van der Waals surface area contributed by atoms with E-state index in [9.17, 15) is 10.1 Å². The number of nitrogens with one attached hydrogen (secondary N) is 1. The molecule has 0 aromatic heterocycles. The molecular weight excluding hydrogens is 440 g/mol. The van der Waals surface area contributed by atoms with Gasteiger partial charge in [-0.3, -0.25) is 4.79 Å². The van der Waals surface area contributed by atoms with Gasteiger partial charge in [0.25, 0.3) is 5.91 Å². The van der Waals surface area contributed by atoms with Gasteiger partial charge < -0.3 is 10.1 Å². The van der Waals surface area contributed by atoms with Crippen LogP contribution in [-0.2, 0) is 11.4 Å². The van der Waals surface area contributed by atoms with Gasteiger partial charge in [0, 0.05) is 5.69 Å². The third-order valence-corrected chi connectivity index (χ3v) is 5.04. The second kappa shape index (κ2) is 9.91. The van der Waals surface area contributed by atoms with E-state index < -0.39 is 5.91 Å². The molecule has 0 fully saturated rings. The monoisotopic (exact) mass is 460 g/mol. The highest BCUT2D eigenvalue weighted by Crippen LogP contribution is 2.28. The zero-order valence-corrected chi connectivity index (χ0v) is 18.4. The van der Waals surface area contributed by atoms with E-state index in [1.165, 1.54) is 5.56 Å². The largest absolute Gasteiger partial charge is 0.488 e. The van der Waals surface area contributed by atoms with Crippen molar-refractivity contribution in [1.82, 2.24) is 0 Å². The summed E-state index contributed by atoms with van der Waals surface area (Å²) in [6.45, 7) is 4.47. The summed E-state index contributed by atoms with van der Waals surface area (Å²) in [6.07, 6.45) is 1.55. The lowest BCUT2D eigenvalue weighted by Gasteiger charge is -2.10. The van der Waals surface area contributed by atoms with Crippen LogP contribution in [0, 0.1) is 25.2 Å². The molecule has 3 aromatic rings. The van der Waals surface area contributed by atoms with E-state index in [1.54, 1.807) is 18.2 Å². The van der Waals surface area contributed by atoms with E-state index in [2.05, 4.69) is 27.3 Å². The molecule has 0 radical (unpaired) electrons. The first kappa shape index (κ1) is 21.4. The quantitative estimate of drug-likeness (QED) is 0.352. The van der Waals surface area contributed by atoms with Crippen molar-refractivity contribution in [2.75, 3.05) is 5.32 Å². The zero-order chi connectivity index (χ0) is 21.5. The summed E-state index contributed by atoms with van der Waals surface area (Å²) in [5.41, 5.74) is 4.76. The van der Waals surface area contributed by atoms with Gasteiger partial charge in [-0.05, 0) is 71.2 Å². The number of anilines is 1. The average Bonchev–Trinajstić information content (AvgIpc) is 2.73. The Morgan fingerprint density at radius 1 is 1.07 bits per heavy atom.